The highest BCUT2D eigenvalue weighted by Crippen LogP contribution is 1.87. The molecule has 8 heavy (non-hydrogen) atoms. The van der Waals surface area contributed by atoms with E-state index in [2.05, 4.69) is 5.10 Å². The number of primary amides is 1. The maximum Gasteiger partial charge on any atom is 0.364 e. The number of quaternary nitrogens is 1. The van der Waals surface area contributed by atoms with Gasteiger partial charge in [-0.3, -0.25) is 0 Å². The number of allylic oxidation sites excluding steroid dienone is 1. The molecule has 2 N–H and O–H groups in total. The predicted molar refractivity (Wildman–Crippen MR) is 29.2 cm³/mol. The van der Waals surface area contributed by atoms with E-state index in [4.69, 9.17) is 0 Å². The number of amides is 1. The third-order valence-corrected chi connectivity index (χ3v) is 0.991. The van der Waals surface area contributed by atoms with E-state index < -0.39 is 0 Å². The zero-order chi connectivity index (χ0) is 5.98. The average molecular weight is 111 g/mol. The topological polar surface area (TPSA) is 46.0 Å². The Balaban J connectivity index is 2.80. The van der Waals surface area contributed by atoms with Gasteiger partial charge in [0.15, 0.2) is 0 Å². The smallest absolute Gasteiger partial charge is 0.223 e. The number of hydrogen-bond acceptors (Lipinski definition) is 2. The van der Waals surface area contributed by atoms with Crippen LogP contribution < -0.4 is 5.43 Å². The molecule has 0 aromatic carbocycles. The molecule has 0 aromatic rings. The Kier molecular flexibility index (Phi) is 1.22. The highest BCUT2D eigenvalue weighted by atomic mass is 16.2. The fourth-order valence-electron chi connectivity index (χ4n) is 0.450. The first-order valence-corrected chi connectivity index (χ1v) is 2.38. The largest absolute Gasteiger partial charge is 0.364 e. The van der Waals surface area contributed by atoms with Crippen LogP contribution in [-0.2, 0) is 4.79 Å². The second kappa shape index (κ2) is 1.88. The molecule has 42 valence electrons. The van der Waals surface area contributed by atoms with Crippen LogP contribution in [0.2, 0.25) is 0 Å². The number of nitrogens with zero attached hydrogens (tertiary/aromatic N) is 1. The monoisotopic (exact) mass is 111 g/mol. The summed E-state index contributed by atoms with van der Waals surface area (Å²) in [5.74, 6) is 0.00694. The standard InChI is InChI=1S/C5H6N2O/c1-4-2-3-6-7-5(4)8/h2-3H,1H3,(H,7,8)/p+1. The van der Waals surface area contributed by atoms with Crippen LogP contribution in [0, 0.1) is 0 Å². The Morgan fingerprint density at radius 3 is 2.88 bits per heavy atom. The highest BCUT2D eigenvalue weighted by molar-refractivity contribution is 5.92. The van der Waals surface area contributed by atoms with Crippen LogP contribution in [0.4, 0.5) is 0 Å². The van der Waals surface area contributed by atoms with Crippen molar-refractivity contribution in [3.63, 3.8) is 0 Å². The van der Waals surface area contributed by atoms with Crippen LogP contribution in [-0.4, -0.2) is 12.1 Å². The highest BCUT2D eigenvalue weighted by Gasteiger charge is 2.08. The molecule has 1 amide bonds. The van der Waals surface area contributed by atoms with Gasteiger partial charge in [0.25, 0.3) is 0 Å². The first-order chi connectivity index (χ1) is 3.80. The average Bonchev–Trinajstić information content (AvgIpc) is 1.77. The van der Waals surface area contributed by atoms with Crippen LogP contribution in [0.1, 0.15) is 6.92 Å². The first-order valence-electron chi connectivity index (χ1n) is 2.38. The van der Waals surface area contributed by atoms with Crippen molar-refractivity contribution in [1.29, 1.82) is 0 Å². The quantitative estimate of drug-likeness (QED) is 0.401. The summed E-state index contributed by atoms with van der Waals surface area (Å²) in [4.78, 5) is 10.6. The van der Waals surface area contributed by atoms with E-state index in [0.717, 1.165) is 5.57 Å². The molecule has 0 saturated heterocycles. The van der Waals surface area contributed by atoms with Crippen molar-refractivity contribution in [2.24, 2.45) is 5.10 Å². The summed E-state index contributed by atoms with van der Waals surface area (Å²) in [6.07, 6.45) is 3.30. The van der Waals surface area contributed by atoms with Crippen LogP contribution in [0.25, 0.3) is 0 Å². The van der Waals surface area contributed by atoms with Gasteiger partial charge in [0, 0.05) is 0 Å². The molecule has 0 bridgehead atoms. The molecule has 0 spiro atoms. The molecule has 3 nitrogen and oxygen atoms in total. The molecule has 0 fully saturated rings. The maximum absolute atomic E-state index is 10.6. The number of nitrogens with two attached hydrogens (primary N) is 1. The van der Waals surface area contributed by atoms with Crippen molar-refractivity contribution >= 4 is 12.1 Å². The minimum Gasteiger partial charge on any atom is -0.223 e. The molecule has 0 atom stereocenters. The lowest BCUT2D eigenvalue weighted by atomic mass is 10.3. The Bertz CT molecular complexity index is 169. The molecular weight excluding hydrogens is 104 g/mol. The molecule has 0 radical (unpaired) electrons. The Morgan fingerprint density at radius 1 is 1.75 bits per heavy atom. The van der Waals surface area contributed by atoms with Crippen molar-refractivity contribution in [3.05, 3.63) is 11.6 Å². The van der Waals surface area contributed by atoms with Crippen molar-refractivity contribution < 1.29 is 10.2 Å². The molecule has 1 aliphatic rings. The van der Waals surface area contributed by atoms with Crippen LogP contribution in [0.5, 0.6) is 0 Å². The predicted octanol–water partition coefficient (Wildman–Crippen LogP) is -0.978. The van der Waals surface area contributed by atoms with Gasteiger partial charge in [0.1, 0.15) is 0 Å². The Hall–Kier alpha value is -0.960. The molecule has 0 saturated carbocycles. The van der Waals surface area contributed by atoms with Gasteiger partial charge >= 0.3 is 5.91 Å². The summed E-state index contributed by atoms with van der Waals surface area (Å²) in [7, 11) is 0. The molecule has 0 aliphatic carbocycles. The summed E-state index contributed by atoms with van der Waals surface area (Å²) in [5.41, 5.74) is 2.06. The van der Waals surface area contributed by atoms with Gasteiger partial charge < -0.3 is 0 Å². The second-order valence-electron chi connectivity index (χ2n) is 1.64. The van der Waals surface area contributed by atoms with Gasteiger partial charge in [0.2, 0.25) is 0 Å². The van der Waals surface area contributed by atoms with Crippen molar-refractivity contribution in [3.8, 4) is 0 Å². The van der Waals surface area contributed by atoms with Gasteiger partial charge in [-0.2, -0.15) is 5.43 Å². The van der Waals surface area contributed by atoms with E-state index >= 15 is 0 Å². The van der Waals surface area contributed by atoms with E-state index in [1.165, 1.54) is 5.43 Å². The molecule has 1 rings (SSSR count). The van der Waals surface area contributed by atoms with Crippen molar-refractivity contribution in [2.75, 3.05) is 0 Å². The van der Waals surface area contributed by atoms with Gasteiger partial charge in [-0.25, -0.2) is 4.79 Å². The lowest BCUT2D eigenvalue weighted by molar-refractivity contribution is -0.571. The van der Waals surface area contributed by atoms with E-state index in [1.807, 2.05) is 0 Å². The van der Waals surface area contributed by atoms with Crippen molar-refractivity contribution in [1.82, 2.24) is 0 Å². The van der Waals surface area contributed by atoms with E-state index in [9.17, 15) is 4.79 Å². The van der Waals surface area contributed by atoms with Gasteiger partial charge in [0.05, 0.1) is 11.8 Å². The van der Waals surface area contributed by atoms with Crippen LogP contribution >= 0.6 is 0 Å². The van der Waals surface area contributed by atoms with Gasteiger partial charge in [-0.05, 0) is 13.0 Å². The van der Waals surface area contributed by atoms with Crippen LogP contribution in [0.15, 0.2) is 16.8 Å². The SMILES string of the molecule is CC1=CC=N[NH2+]C1=O. The third-order valence-electron chi connectivity index (χ3n) is 0.991. The van der Waals surface area contributed by atoms with Gasteiger partial charge in [-0.1, -0.05) is 5.10 Å². The second-order valence-corrected chi connectivity index (χ2v) is 1.64. The van der Waals surface area contributed by atoms with Crippen LogP contribution in [0.3, 0.4) is 0 Å². The third kappa shape index (κ3) is 0.816. The summed E-state index contributed by atoms with van der Waals surface area (Å²) < 4.78 is 0. The van der Waals surface area contributed by atoms with E-state index in [0.29, 0.717) is 0 Å². The summed E-state index contributed by atoms with van der Waals surface area (Å²) in [5, 5.41) is 3.63. The van der Waals surface area contributed by atoms with E-state index in [-0.39, 0.29) is 5.91 Å². The minimum absolute atomic E-state index is 0.00694. The van der Waals surface area contributed by atoms with E-state index in [1.54, 1.807) is 19.2 Å². The fourth-order valence-corrected chi connectivity index (χ4v) is 0.450. The minimum atomic E-state index is 0.00694. The molecule has 1 aliphatic heterocycles. The normalized spacial score (nSPS) is 18.6. The number of carbonyl (C=O) groups is 1. The molecule has 3 heteroatoms. The molecule has 0 unspecified atom stereocenters. The number of hydrogen-bond donors (Lipinski definition) is 1. The first kappa shape index (κ1) is 5.18. The lowest BCUT2D eigenvalue weighted by Gasteiger charge is -1.94. The zero-order valence-corrected chi connectivity index (χ0v) is 4.59. The molecule has 1 heterocycles. The Labute approximate surface area is 47.1 Å². The summed E-state index contributed by atoms with van der Waals surface area (Å²) in [6.45, 7) is 1.77. The number of rotatable bonds is 0. The summed E-state index contributed by atoms with van der Waals surface area (Å²) >= 11 is 0. The molecule has 0 aromatic heterocycles. The fraction of sp³-hybridized carbons (Fsp3) is 0.200. The van der Waals surface area contributed by atoms with Gasteiger partial charge in [-0.15, -0.1) is 0 Å². The summed E-state index contributed by atoms with van der Waals surface area (Å²) in [6, 6.07) is 0. The van der Waals surface area contributed by atoms with Crippen molar-refractivity contribution in [2.45, 2.75) is 6.92 Å². The molecular formula is C5H7N2O+. The lowest BCUT2D eigenvalue weighted by Crippen LogP contribution is -2.83. The zero-order valence-electron chi connectivity index (χ0n) is 4.59. The maximum atomic E-state index is 10.6. The Morgan fingerprint density at radius 2 is 2.50 bits per heavy atom. The number of carbonyl (C=O) groups excluding carboxylic acids is 1.